The minimum atomic E-state index is -0.743. The van der Waals surface area contributed by atoms with Crippen molar-refractivity contribution in [2.75, 3.05) is 19.7 Å². The molecule has 1 N–H and O–H groups in total. The first-order chi connectivity index (χ1) is 10.6. The molecule has 7 nitrogen and oxygen atoms in total. The molecule has 0 saturated carbocycles. The number of hydrogen-bond donors (Lipinski definition) is 1. The lowest BCUT2D eigenvalue weighted by Gasteiger charge is -2.18. The normalized spacial score (nSPS) is 10.5. The average molecular weight is 303 g/mol. The van der Waals surface area contributed by atoms with Gasteiger partial charge in [0.1, 0.15) is 0 Å². The maximum Gasteiger partial charge on any atom is 0.359 e. The maximum atomic E-state index is 12.1. The van der Waals surface area contributed by atoms with Crippen LogP contribution in [0.15, 0.2) is 29.1 Å². The molecule has 1 heterocycles. The van der Waals surface area contributed by atoms with Crippen LogP contribution >= 0.6 is 0 Å². The quantitative estimate of drug-likeness (QED) is 0.830. The van der Waals surface area contributed by atoms with E-state index in [1.54, 1.807) is 29.2 Å². The molecule has 0 saturated heterocycles. The molecule has 0 atom stereocenters. The van der Waals surface area contributed by atoms with E-state index in [2.05, 4.69) is 10.2 Å². The summed E-state index contributed by atoms with van der Waals surface area (Å²) < 4.78 is 5.01. The monoisotopic (exact) mass is 303 g/mol. The minimum absolute atomic E-state index is 0.0115. The highest BCUT2D eigenvalue weighted by molar-refractivity contribution is 6.02. The second-order valence-corrected chi connectivity index (χ2v) is 4.59. The number of fused-ring (bicyclic) bond motifs is 1. The number of carbonyl (C=O) groups is 2. The molecule has 1 aromatic heterocycles. The predicted octanol–water partition coefficient (Wildman–Crippen LogP) is 0.948. The fourth-order valence-corrected chi connectivity index (χ4v) is 2.13. The molecule has 116 valence electrons. The van der Waals surface area contributed by atoms with E-state index in [4.69, 9.17) is 4.74 Å². The van der Waals surface area contributed by atoms with Gasteiger partial charge in [-0.25, -0.2) is 9.89 Å². The van der Waals surface area contributed by atoms with Crippen LogP contribution in [0, 0.1) is 0 Å². The van der Waals surface area contributed by atoms with Crippen LogP contribution in [0.3, 0.4) is 0 Å². The highest BCUT2D eigenvalue weighted by atomic mass is 16.5. The molecule has 0 bridgehead atoms. The lowest BCUT2D eigenvalue weighted by atomic mass is 10.1. The summed E-state index contributed by atoms with van der Waals surface area (Å²) >= 11 is 0. The Morgan fingerprint density at radius 2 is 1.82 bits per heavy atom. The van der Waals surface area contributed by atoms with Gasteiger partial charge in [-0.1, -0.05) is 18.2 Å². The Morgan fingerprint density at radius 1 is 1.18 bits per heavy atom. The Bertz CT molecular complexity index is 750. The Labute approximate surface area is 126 Å². The summed E-state index contributed by atoms with van der Waals surface area (Å²) in [6.45, 7) is 4.44. The van der Waals surface area contributed by atoms with Crippen molar-refractivity contribution in [3.8, 4) is 0 Å². The first kappa shape index (κ1) is 15.7. The van der Waals surface area contributed by atoms with Gasteiger partial charge in [0.05, 0.1) is 5.39 Å². The third-order valence-corrected chi connectivity index (χ3v) is 3.33. The zero-order valence-electron chi connectivity index (χ0n) is 12.5. The number of nitrogens with zero attached hydrogens (tertiary/aromatic N) is 2. The zero-order chi connectivity index (χ0) is 16.1. The number of aromatic amines is 1. The number of esters is 1. The Balaban J connectivity index is 2.19. The van der Waals surface area contributed by atoms with Gasteiger partial charge in [0.15, 0.2) is 12.3 Å². The van der Waals surface area contributed by atoms with Crippen molar-refractivity contribution in [1.82, 2.24) is 15.1 Å². The van der Waals surface area contributed by atoms with Crippen LogP contribution in [0.1, 0.15) is 24.3 Å². The van der Waals surface area contributed by atoms with Crippen molar-refractivity contribution < 1.29 is 14.3 Å². The highest BCUT2D eigenvalue weighted by Crippen LogP contribution is 2.13. The molecule has 0 spiro atoms. The van der Waals surface area contributed by atoms with Crippen molar-refractivity contribution >= 4 is 22.6 Å². The van der Waals surface area contributed by atoms with Crippen molar-refractivity contribution in [3.05, 3.63) is 40.3 Å². The molecule has 0 aliphatic rings. The first-order valence-corrected chi connectivity index (χ1v) is 7.00. The fourth-order valence-electron chi connectivity index (χ4n) is 2.13. The number of hydrogen-bond acceptors (Lipinski definition) is 5. The maximum absolute atomic E-state index is 12.1. The largest absolute Gasteiger partial charge is 0.451 e. The molecule has 7 heteroatoms. The molecule has 0 aliphatic carbocycles. The molecule has 2 aromatic rings. The van der Waals surface area contributed by atoms with E-state index in [1.807, 2.05) is 13.8 Å². The van der Waals surface area contributed by atoms with Crippen LogP contribution in [0.4, 0.5) is 0 Å². The molecule has 0 unspecified atom stereocenters. The third-order valence-electron chi connectivity index (χ3n) is 3.33. The number of likely N-dealkylation sites (N-methyl/N-ethyl adjacent to an activating group) is 1. The summed E-state index contributed by atoms with van der Waals surface area (Å²) in [5.74, 6) is -1.01. The standard InChI is InChI=1S/C15H17N3O4/c1-3-18(4-2)12(19)9-22-15(21)13-10-7-5-6-8-11(10)14(20)17-16-13/h5-8H,3-4,9H2,1-2H3,(H,17,20). The van der Waals surface area contributed by atoms with E-state index >= 15 is 0 Å². The lowest BCUT2D eigenvalue weighted by Crippen LogP contribution is -2.34. The number of rotatable bonds is 5. The van der Waals surface area contributed by atoms with E-state index in [9.17, 15) is 14.4 Å². The number of H-pyrrole nitrogens is 1. The zero-order valence-corrected chi connectivity index (χ0v) is 12.5. The second-order valence-electron chi connectivity index (χ2n) is 4.59. The Kier molecular flexibility index (Phi) is 4.88. The minimum Gasteiger partial charge on any atom is -0.451 e. The van der Waals surface area contributed by atoms with Crippen molar-refractivity contribution in [2.45, 2.75) is 13.8 Å². The topological polar surface area (TPSA) is 92.4 Å². The predicted molar refractivity (Wildman–Crippen MR) is 80.6 cm³/mol. The van der Waals surface area contributed by atoms with Gasteiger partial charge in [0, 0.05) is 18.5 Å². The SMILES string of the molecule is CCN(CC)C(=O)COC(=O)c1n[nH]c(=O)c2ccccc12. The van der Waals surface area contributed by atoms with E-state index in [0.717, 1.165) is 0 Å². The number of nitrogens with one attached hydrogen (secondary N) is 1. The van der Waals surface area contributed by atoms with Gasteiger partial charge < -0.3 is 9.64 Å². The molecule has 1 amide bonds. The van der Waals surface area contributed by atoms with Gasteiger partial charge in [0.25, 0.3) is 11.5 Å². The third kappa shape index (κ3) is 3.13. The van der Waals surface area contributed by atoms with Crippen LogP contribution in [0.2, 0.25) is 0 Å². The summed E-state index contributed by atoms with van der Waals surface area (Å²) in [4.78, 5) is 37.1. The Hall–Kier alpha value is -2.70. The van der Waals surface area contributed by atoms with E-state index in [0.29, 0.717) is 23.9 Å². The van der Waals surface area contributed by atoms with Crippen LogP contribution in [-0.2, 0) is 9.53 Å². The van der Waals surface area contributed by atoms with Crippen LogP contribution < -0.4 is 5.56 Å². The molecular formula is C15H17N3O4. The van der Waals surface area contributed by atoms with E-state index < -0.39 is 5.97 Å². The molecule has 2 rings (SSSR count). The van der Waals surface area contributed by atoms with Gasteiger partial charge in [-0.3, -0.25) is 9.59 Å². The smallest absolute Gasteiger partial charge is 0.359 e. The summed E-state index contributed by atoms with van der Waals surface area (Å²) in [6, 6.07) is 6.59. The summed E-state index contributed by atoms with van der Waals surface area (Å²) in [5, 5.41) is 6.73. The van der Waals surface area contributed by atoms with Crippen molar-refractivity contribution in [3.63, 3.8) is 0 Å². The number of carbonyl (C=O) groups excluding carboxylic acids is 2. The fraction of sp³-hybridized carbons (Fsp3) is 0.333. The number of amides is 1. The molecule has 22 heavy (non-hydrogen) atoms. The van der Waals surface area contributed by atoms with E-state index in [-0.39, 0.29) is 23.8 Å². The Morgan fingerprint density at radius 3 is 2.45 bits per heavy atom. The molecule has 0 radical (unpaired) electrons. The number of ether oxygens (including phenoxy) is 1. The van der Waals surface area contributed by atoms with Gasteiger partial charge >= 0.3 is 5.97 Å². The van der Waals surface area contributed by atoms with Gasteiger partial charge in [-0.05, 0) is 19.9 Å². The van der Waals surface area contributed by atoms with Crippen LogP contribution in [0.5, 0.6) is 0 Å². The summed E-state index contributed by atoms with van der Waals surface area (Å²) in [6.07, 6.45) is 0. The summed E-state index contributed by atoms with van der Waals surface area (Å²) in [7, 11) is 0. The van der Waals surface area contributed by atoms with Gasteiger partial charge in [-0.2, -0.15) is 5.10 Å². The first-order valence-electron chi connectivity index (χ1n) is 7.00. The summed E-state index contributed by atoms with van der Waals surface area (Å²) in [5.41, 5.74) is -0.395. The van der Waals surface area contributed by atoms with Gasteiger partial charge in [0.2, 0.25) is 0 Å². The molecule has 1 aromatic carbocycles. The van der Waals surface area contributed by atoms with Crippen molar-refractivity contribution in [2.24, 2.45) is 0 Å². The number of aromatic nitrogens is 2. The number of benzene rings is 1. The lowest BCUT2D eigenvalue weighted by molar-refractivity contribution is -0.134. The molecule has 0 fully saturated rings. The molecule has 0 aliphatic heterocycles. The van der Waals surface area contributed by atoms with Gasteiger partial charge in [-0.15, -0.1) is 0 Å². The molecular weight excluding hydrogens is 286 g/mol. The van der Waals surface area contributed by atoms with Crippen LogP contribution in [-0.4, -0.2) is 46.7 Å². The average Bonchev–Trinajstić information content (AvgIpc) is 2.54. The van der Waals surface area contributed by atoms with Crippen molar-refractivity contribution in [1.29, 1.82) is 0 Å². The second kappa shape index (κ2) is 6.84. The van der Waals surface area contributed by atoms with Crippen LogP contribution in [0.25, 0.3) is 10.8 Å². The highest BCUT2D eigenvalue weighted by Gasteiger charge is 2.18. The van der Waals surface area contributed by atoms with E-state index in [1.165, 1.54) is 0 Å².